The fourth-order valence-corrected chi connectivity index (χ4v) is 3.86. The van der Waals surface area contributed by atoms with Crippen LogP contribution in [0.1, 0.15) is 5.56 Å². The van der Waals surface area contributed by atoms with Crippen molar-refractivity contribution >= 4 is 58.4 Å². The van der Waals surface area contributed by atoms with Crippen LogP contribution in [0.2, 0.25) is 10.0 Å². The molecule has 0 aliphatic rings. The molecule has 0 aliphatic carbocycles. The molecule has 0 radical (unpaired) electrons. The van der Waals surface area contributed by atoms with Crippen molar-refractivity contribution < 1.29 is 4.39 Å². The Bertz CT molecular complexity index is 1740. The van der Waals surface area contributed by atoms with E-state index in [9.17, 15) is 14.4 Å². The van der Waals surface area contributed by atoms with Gasteiger partial charge in [0.25, 0.3) is 5.56 Å². The Labute approximate surface area is 242 Å². The minimum atomic E-state index is -0.559. The molecular formula is C27H19Cl2FN10O. The molecule has 5 rings (SSSR count). The maximum atomic E-state index is 13.4. The molecule has 0 bridgehead atoms. The molecule has 11 nitrogen and oxygen atoms in total. The summed E-state index contributed by atoms with van der Waals surface area (Å²) in [6.07, 6.45) is 0. The highest BCUT2D eigenvalue weighted by Gasteiger charge is 2.17. The molecule has 0 saturated heterocycles. The van der Waals surface area contributed by atoms with Crippen LogP contribution in [-0.4, -0.2) is 24.5 Å². The zero-order valence-corrected chi connectivity index (χ0v) is 22.7. The van der Waals surface area contributed by atoms with Crippen LogP contribution in [-0.2, 0) is 7.05 Å². The summed E-state index contributed by atoms with van der Waals surface area (Å²) < 4.78 is 14.6. The predicted molar refractivity (Wildman–Crippen MR) is 156 cm³/mol. The van der Waals surface area contributed by atoms with Crippen molar-refractivity contribution in [2.24, 2.45) is 7.05 Å². The van der Waals surface area contributed by atoms with Gasteiger partial charge in [0.2, 0.25) is 23.8 Å². The smallest absolute Gasteiger partial charge is 0.273 e. The van der Waals surface area contributed by atoms with Crippen LogP contribution in [0.15, 0.2) is 77.6 Å². The quantitative estimate of drug-likeness (QED) is 0.162. The number of aromatic nitrogens is 5. The topological polar surface area (TPSA) is 145 Å². The Kier molecular flexibility index (Phi) is 7.91. The van der Waals surface area contributed by atoms with Crippen LogP contribution in [0.3, 0.4) is 0 Å². The molecule has 0 spiro atoms. The highest BCUT2D eigenvalue weighted by Crippen LogP contribution is 2.24. The van der Waals surface area contributed by atoms with E-state index in [1.54, 1.807) is 48.5 Å². The first kappa shape index (κ1) is 27.3. The monoisotopic (exact) mass is 588 g/mol. The zero-order valence-electron chi connectivity index (χ0n) is 21.2. The van der Waals surface area contributed by atoms with E-state index in [1.807, 2.05) is 6.07 Å². The maximum absolute atomic E-state index is 13.4. The van der Waals surface area contributed by atoms with Crippen molar-refractivity contribution in [3.63, 3.8) is 0 Å². The van der Waals surface area contributed by atoms with Gasteiger partial charge < -0.3 is 10.6 Å². The number of halogens is 3. The lowest BCUT2D eigenvalue weighted by atomic mass is 10.1. The van der Waals surface area contributed by atoms with Crippen LogP contribution in [0.4, 0.5) is 39.6 Å². The van der Waals surface area contributed by atoms with Crippen molar-refractivity contribution in [3.05, 3.63) is 105 Å². The van der Waals surface area contributed by atoms with E-state index in [4.69, 9.17) is 23.2 Å². The third-order valence-electron chi connectivity index (χ3n) is 5.64. The van der Waals surface area contributed by atoms with E-state index in [1.165, 1.54) is 35.9 Å². The predicted octanol–water partition coefficient (Wildman–Crippen LogP) is 5.88. The number of nitriles is 1. The summed E-state index contributed by atoms with van der Waals surface area (Å²) >= 11 is 12.0. The average molecular weight is 589 g/mol. The summed E-state index contributed by atoms with van der Waals surface area (Å²) in [7, 11) is 1.47. The van der Waals surface area contributed by atoms with Gasteiger partial charge in [0, 0.05) is 34.0 Å². The fraction of sp³-hybridized carbons (Fsp3) is 0.0370. The molecule has 5 aromatic rings. The molecule has 2 aromatic heterocycles. The van der Waals surface area contributed by atoms with Crippen LogP contribution in [0, 0.1) is 17.1 Å². The van der Waals surface area contributed by atoms with Gasteiger partial charge in [0.05, 0.1) is 5.69 Å². The Morgan fingerprint density at radius 3 is 1.83 bits per heavy atom. The number of rotatable bonds is 8. The SMILES string of the molecule is Cn1c(NNc2nc(Nc3ccc(F)cc3)nc(Nc3ccc(Cl)cc3)n2)nc(-c2ccc(Cl)cc2)c(C#N)c1=O. The van der Waals surface area contributed by atoms with Crippen molar-refractivity contribution in [1.82, 2.24) is 24.5 Å². The van der Waals surface area contributed by atoms with Crippen LogP contribution < -0.4 is 27.0 Å². The second kappa shape index (κ2) is 11.9. The molecule has 0 amide bonds. The standard InChI is InChI=1S/C27H19Cl2FN10O/c1-40-23(41)21(14-31)22(15-2-4-16(28)5-3-15)34-27(40)39-38-26-36-24(32-19-10-6-17(29)7-11-19)35-25(37-26)33-20-12-8-18(30)9-13-20/h2-13H,1H3,(H,34,39)(H3,32,33,35,36,37,38). The number of hydrogen-bond donors (Lipinski definition) is 4. The lowest BCUT2D eigenvalue weighted by molar-refractivity contribution is 0.628. The molecular weight excluding hydrogens is 570 g/mol. The first-order chi connectivity index (χ1) is 19.8. The normalized spacial score (nSPS) is 10.5. The summed E-state index contributed by atoms with van der Waals surface area (Å²) in [5, 5.41) is 16.8. The Morgan fingerprint density at radius 1 is 0.756 bits per heavy atom. The highest BCUT2D eigenvalue weighted by molar-refractivity contribution is 6.30. The maximum Gasteiger partial charge on any atom is 0.273 e. The molecule has 204 valence electrons. The molecule has 41 heavy (non-hydrogen) atoms. The molecule has 4 N–H and O–H groups in total. The van der Waals surface area contributed by atoms with E-state index >= 15 is 0 Å². The minimum Gasteiger partial charge on any atom is -0.324 e. The van der Waals surface area contributed by atoms with Gasteiger partial charge in [0.15, 0.2) is 0 Å². The van der Waals surface area contributed by atoms with Gasteiger partial charge in [-0.1, -0.05) is 35.3 Å². The van der Waals surface area contributed by atoms with E-state index in [-0.39, 0.29) is 40.9 Å². The number of hydrazine groups is 1. The third kappa shape index (κ3) is 6.50. The van der Waals surface area contributed by atoms with E-state index < -0.39 is 5.56 Å². The van der Waals surface area contributed by atoms with Gasteiger partial charge in [0.1, 0.15) is 17.4 Å². The van der Waals surface area contributed by atoms with Crippen molar-refractivity contribution in [3.8, 4) is 17.3 Å². The summed E-state index contributed by atoms with van der Waals surface area (Å²) in [6.45, 7) is 0. The number of hydrogen-bond acceptors (Lipinski definition) is 10. The highest BCUT2D eigenvalue weighted by atomic mass is 35.5. The number of anilines is 6. The summed E-state index contributed by atoms with van der Waals surface area (Å²) in [5.41, 5.74) is 6.89. The summed E-state index contributed by atoms with van der Waals surface area (Å²) in [5.74, 6) is 0.0457. The minimum absolute atomic E-state index is 0.0488. The lowest BCUT2D eigenvalue weighted by Crippen LogP contribution is -2.27. The summed E-state index contributed by atoms with van der Waals surface area (Å²) in [4.78, 5) is 30.6. The zero-order chi connectivity index (χ0) is 28.9. The van der Waals surface area contributed by atoms with Crippen molar-refractivity contribution in [2.45, 2.75) is 0 Å². The van der Waals surface area contributed by atoms with Crippen LogP contribution in [0.5, 0.6) is 0 Å². The molecule has 0 atom stereocenters. The lowest BCUT2D eigenvalue weighted by Gasteiger charge is -2.15. The molecule has 0 saturated carbocycles. The van der Waals surface area contributed by atoms with E-state index in [2.05, 4.69) is 41.4 Å². The van der Waals surface area contributed by atoms with Crippen LogP contribution in [0.25, 0.3) is 11.3 Å². The van der Waals surface area contributed by atoms with Gasteiger partial charge in [-0.25, -0.2) is 9.37 Å². The fourth-order valence-electron chi connectivity index (χ4n) is 3.61. The molecule has 3 aromatic carbocycles. The van der Waals surface area contributed by atoms with Gasteiger partial charge in [-0.3, -0.25) is 20.2 Å². The second-order valence-electron chi connectivity index (χ2n) is 8.46. The molecule has 0 fully saturated rings. The largest absolute Gasteiger partial charge is 0.324 e. The molecule has 2 heterocycles. The van der Waals surface area contributed by atoms with Gasteiger partial charge in [-0.05, 0) is 60.7 Å². The Hall–Kier alpha value is -5.25. The number of nitrogens with one attached hydrogen (secondary N) is 4. The van der Waals surface area contributed by atoms with Crippen molar-refractivity contribution in [1.29, 1.82) is 5.26 Å². The van der Waals surface area contributed by atoms with Crippen molar-refractivity contribution in [2.75, 3.05) is 21.5 Å². The number of benzene rings is 3. The summed E-state index contributed by atoms with van der Waals surface area (Å²) in [6, 6.07) is 21.1. The van der Waals surface area contributed by atoms with E-state index in [0.29, 0.717) is 27.0 Å². The Morgan fingerprint density at radius 2 is 1.27 bits per heavy atom. The molecule has 0 unspecified atom stereocenters. The van der Waals surface area contributed by atoms with E-state index in [0.717, 1.165) is 0 Å². The second-order valence-corrected chi connectivity index (χ2v) is 9.33. The Balaban J connectivity index is 1.47. The van der Waals surface area contributed by atoms with Gasteiger partial charge in [-0.2, -0.15) is 20.2 Å². The number of nitrogens with zero attached hydrogens (tertiary/aromatic N) is 6. The molecule has 0 aliphatic heterocycles. The van der Waals surface area contributed by atoms with Gasteiger partial charge >= 0.3 is 0 Å². The third-order valence-corrected chi connectivity index (χ3v) is 6.15. The first-order valence-electron chi connectivity index (χ1n) is 11.9. The van der Waals surface area contributed by atoms with Crippen LogP contribution >= 0.6 is 23.2 Å². The molecule has 14 heteroatoms. The van der Waals surface area contributed by atoms with Gasteiger partial charge in [-0.15, -0.1) is 0 Å². The average Bonchev–Trinajstić information content (AvgIpc) is 2.96. The first-order valence-corrected chi connectivity index (χ1v) is 12.6.